The van der Waals surface area contributed by atoms with Gasteiger partial charge in [0.1, 0.15) is 0 Å². The molecule has 1 unspecified atom stereocenters. The van der Waals surface area contributed by atoms with Gasteiger partial charge in [0.15, 0.2) is 0 Å². The standard InChI is InChI=1S/C18H28N4O2/c1-22(14-5-8-19-9-6-14)12-17(24)21-18(13-10-15(23)11-13)16-4-2-3-7-20-16/h2-4,7,13-15,18-19,23H,5-6,8-12H2,1H3,(H,21,24). The molecule has 1 atom stereocenters. The van der Waals surface area contributed by atoms with Crippen molar-refractivity contribution in [3.63, 3.8) is 0 Å². The molecule has 3 rings (SSSR count). The number of aromatic nitrogens is 1. The van der Waals surface area contributed by atoms with Crippen molar-refractivity contribution in [3.05, 3.63) is 30.1 Å². The van der Waals surface area contributed by atoms with Crippen LogP contribution >= 0.6 is 0 Å². The van der Waals surface area contributed by atoms with Crippen LogP contribution in [0, 0.1) is 5.92 Å². The topological polar surface area (TPSA) is 77.5 Å². The maximum absolute atomic E-state index is 12.5. The Morgan fingerprint density at radius 3 is 2.79 bits per heavy atom. The molecule has 1 amide bonds. The third-order valence-corrected chi connectivity index (χ3v) is 5.27. The summed E-state index contributed by atoms with van der Waals surface area (Å²) in [5, 5.41) is 16.1. The van der Waals surface area contributed by atoms with Gasteiger partial charge < -0.3 is 15.7 Å². The Hall–Kier alpha value is -1.50. The van der Waals surface area contributed by atoms with Crippen molar-refractivity contribution in [3.8, 4) is 0 Å². The molecule has 1 aromatic heterocycles. The highest BCUT2D eigenvalue weighted by Crippen LogP contribution is 2.37. The van der Waals surface area contributed by atoms with Crippen LogP contribution in [0.5, 0.6) is 0 Å². The largest absolute Gasteiger partial charge is 0.393 e. The highest BCUT2D eigenvalue weighted by atomic mass is 16.3. The van der Waals surface area contributed by atoms with E-state index in [1.54, 1.807) is 6.20 Å². The number of aliphatic hydroxyl groups is 1. The zero-order valence-corrected chi connectivity index (χ0v) is 14.3. The van der Waals surface area contributed by atoms with E-state index >= 15 is 0 Å². The van der Waals surface area contributed by atoms with Crippen molar-refractivity contribution in [2.45, 2.75) is 43.9 Å². The molecule has 0 aromatic carbocycles. The Morgan fingerprint density at radius 1 is 1.42 bits per heavy atom. The Labute approximate surface area is 143 Å². The van der Waals surface area contributed by atoms with Crippen molar-refractivity contribution in [2.24, 2.45) is 5.92 Å². The van der Waals surface area contributed by atoms with Crippen LogP contribution < -0.4 is 10.6 Å². The maximum atomic E-state index is 12.5. The monoisotopic (exact) mass is 332 g/mol. The van der Waals surface area contributed by atoms with Gasteiger partial charge in [-0.25, -0.2) is 0 Å². The number of likely N-dealkylation sites (N-methyl/N-ethyl adjacent to an activating group) is 1. The average Bonchev–Trinajstić information content (AvgIpc) is 2.59. The summed E-state index contributed by atoms with van der Waals surface area (Å²) in [6, 6.07) is 6.13. The minimum absolute atomic E-state index is 0.0353. The van der Waals surface area contributed by atoms with Gasteiger partial charge in [0.25, 0.3) is 0 Å². The lowest BCUT2D eigenvalue weighted by Gasteiger charge is -2.38. The normalized spacial score (nSPS) is 26.0. The predicted octanol–water partition coefficient (Wildman–Crippen LogP) is 0.694. The molecule has 2 aliphatic rings. The van der Waals surface area contributed by atoms with Gasteiger partial charge in [-0.1, -0.05) is 6.07 Å². The molecule has 6 heteroatoms. The Morgan fingerprint density at radius 2 is 2.17 bits per heavy atom. The van der Waals surface area contributed by atoms with Crippen LogP contribution in [-0.4, -0.2) is 59.7 Å². The van der Waals surface area contributed by atoms with Gasteiger partial charge in [0, 0.05) is 12.2 Å². The molecule has 132 valence electrons. The Bertz CT molecular complexity index is 527. The summed E-state index contributed by atoms with van der Waals surface area (Å²) < 4.78 is 0. The van der Waals surface area contributed by atoms with E-state index in [2.05, 4.69) is 20.5 Å². The molecule has 1 saturated carbocycles. The SMILES string of the molecule is CN(CC(=O)NC(c1ccccn1)C1CC(O)C1)C1CCNCC1. The number of hydrogen-bond donors (Lipinski definition) is 3. The number of rotatable bonds is 6. The fraction of sp³-hybridized carbons (Fsp3) is 0.667. The number of carbonyl (C=O) groups excluding carboxylic acids is 1. The molecule has 1 aliphatic heterocycles. The number of nitrogens with one attached hydrogen (secondary N) is 2. The van der Waals surface area contributed by atoms with E-state index in [1.165, 1.54) is 0 Å². The molecule has 0 radical (unpaired) electrons. The number of piperidine rings is 1. The second-order valence-corrected chi connectivity index (χ2v) is 7.08. The van der Waals surface area contributed by atoms with Gasteiger partial charge in [0.2, 0.25) is 5.91 Å². The predicted molar refractivity (Wildman–Crippen MR) is 92.4 cm³/mol. The Kier molecular flexibility index (Phi) is 5.81. The second kappa shape index (κ2) is 8.05. The molecule has 2 heterocycles. The minimum Gasteiger partial charge on any atom is -0.393 e. The second-order valence-electron chi connectivity index (χ2n) is 7.08. The fourth-order valence-electron chi connectivity index (χ4n) is 3.72. The molecule has 1 saturated heterocycles. The molecule has 1 aliphatic carbocycles. The van der Waals surface area contributed by atoms with Gasteiger partial charge >= 0.3 is 0 Å². The number of nitrogens with zero attached hydrogens (tertiary/aromatic N) is 2. The van der Waals surface area contributed by atoms with Crippen molar-refractivity contribution in [2.75, 3.05) is 26.7 Å². The van der Waals surface area contributed by atoms with Gasteiger partial charge in [0.05, 0.1) is 24.4 Å². The van der Waals surface area contributed by atoms with E-state index < -0.39 is 0 Å². The molecule has 1 aromatic rings. The quantitative estimate of drug-likeness (QED) is 0.715. The summed E-state index contributed by atoms with van der Waals surface area (Å²) in [4.78, 5) is 19.1. The molecule has 24 heavy (non-hydrogen) atoms. The highest BCUT2D eigenvalue weighted by molar-refractivity contribution is 5.78. The van der Waals surface area contributed by atoms with E-state index in [0.29, 0.717) is 12.6 Å². The zero-order valence-electron chi connectivity index (χ0n) is 14.3. The lowest BCUT2D eigenvalue weighted by atomic mass is 9.76. The molecular formula is C18H28N4O2. The van der Waals surface area contributed by atoms with Crippen LogP contribution in [0.25, 0.3) is 0 Å². The first-order valence-electron chi connectivity index (χ1n) is 8.93. The fourth-order valence-corrected chi connectivity index (χ4v) is 3.72. The molecule has 3 N–H and O–H groups in total. The Balaban J connectivity index is 1.58. The lowest BCUT2D eigenvalue weighted by molar-refractivity contribution is -0.124. The van der Waals surface area contributed by atoms with Crippen molar-refractivity contribution in [1.29, 1.82) is 0 Å². The van der Waals surface area contributed by atoms with E-state index in [-0.39, 0.29) is 24.0 Å². The first-order chi connectivity index (χ1) is 11.6. The van der Waals surface area contributed by atoms with Crippen molar-refractivity contribution < 1.29 is 9.90 Å². The maximum Gasteiger partial charge on any atom is 0.234 e. The molecule has 0 bridgehead atoms. The summed E-state index contributed by atoms with van der Waals surface area (Å²) in [6.07, 6.45) is 5.14. The third kappa shape index (κ3) is 4.32. The first-order valence-corrected chi connectivity index (χ1v) is 8.93. The number of hydrogen-bond acceptors (Lipinski definition) is 5. The van der Waals surface area contributed by atoms with Gasteiger partial charge in [-0.15, -0.1) is 0 Å². The molecule has 6 nitrogen and oxygen atoms in total. The smallest absolute Gasteiger partial charge is 0.234 e. The average molecular weight is 332 g/mol. The summed E-state index contributed by atoms with van der Waals surface area (Å²) in [5.74, 6) is 0.302. The lowest BCUT2D eigenvalue weighted by Crippen LogP contribution is -2.48. The van der Waals surface area contributed by atoms with Gasteiger partial charge in [-0.05, 0) is 63.9 Å². The van der Waals surface area contributed by atoms with Crippen LogP contribution in [0.4, 0.5) is 0 Å². The number of amides is 1. The summed E-state index contributed by atoms with van der Waals surface area (Å²) in [5.41, 5.74) is 0.882. The molecular weight excluding hydrogens is 304 g/mol. The highest BCUT2D eigenvalue weighted by Gasteiger charge is 2.36. The molecule has 2 fully saturated rings. The number of aliphatic hydroxyl groups excluding tert-OH is 1. The summed E-state index contributed by atoms with van der Waals surface area (Å²) in [6.45, 7) is 2.45. The van der Waals surface area contributed by atoms with E-state index in [4.69, 9.17) is 0 Å². The van der Waals surface area contributed by atoms with Gasteiger partial charge in [-0.2, -0.15) is 0 Å². The summed E-state index contributed by atoms with van der Waals surface area (Å²) in [7, 11) is 2.03. The van der Waals surface area contributed by atoms with E-state index in [0.717, 1.165) is 44.5 Å². The van der Waals surface area contributed by atoms with E-state index in [9.17, 15) is 9.90 Å². The van der Waals surface area contributed by atoms with Crippen molar-refractivity contribution in [1.82, 2.24) is 20.5 Å². The van der Waals surface area contributed by atoms with Crippen LogP contribution in [0.15, 0.2) is 24.4 Å². The first kappa shape index (κ1) is 17.3. The third-order valence-electron chi connectivity index (χ3n) is 5.27. The number of pyridine rings is 1. The van der Waals surface area contributed by atoms with Crippen LogP contribution in [0.1, 0.15) is 37.4 Å². The van der Waals surface area contributed by atoms with Crippen LogP contribution in [0.3, 0.4) is 0 Å². The summed E-state index contributed by atoms with van der Waals surface area (Å²) >= 11 is 0. The van der Waals surface area contributed by atoms with E-state index in [1.807, 2.05) is 25.2 Å². The van der Waals surface area contributed by atoms with Gasteiger partial charge in [-0.3, -0.25) is 14.7 Å². The van der Waals surface area contributed by atoms with Crippen molar-refractivity contribution >= 4 is 5.91 Å². The zero-order chi connectivity index (χ0) is 16.9. The molecule has 0 spiro atoms. The van der Waals surface area contributed by atoms with Crippen LogP contribution in [0.2, 0.25) is 0 Å². The minimum atomic E-state index is -0.240. The number of carbonyl (C=O) groups is 1. The van der Waals surface area contributed by atoms with Crippen LogP contribution in [-0.2, 0) is 4.79 Å².